The molecular formula is C23H24N2O3. The van der Waals surface area contributed by atoms with Gasteiger partial charge in [0.1, 0.15) is 5.75 Å². The maximum atomic E-state index is 12.4. The van der Waals surface area contributed by atoms with E-state index in [-0.39, 0.29) is 11.7 Å². The van der Waals surface area contributed by atoms with Gasteiger partial charge >= 0.3 is 5.97 Å². The van der Waals surface area contributed by atoms with Gasteiger partial charge in [-0.15, -0.1) is 0 Å². The van der Waals surface area contributed by atoms with Gasteiger partial charge in [0.05, 0.1) is 29.8 Å². The molecule has 0 radical (unpaired) electrons. The number of aryl methyl sites for hydroxylation is 2. The number of esters is 1. The number of ether oxygens (including phenoxy) is 1. The Kier molecular flexibility index (Phi) is 5.64. The van der Waals surface area contributed by atoms with Crippen LogP contribution < -0.4 is 0 Å². The minimum absolute atomic E-state index is 0.200. The molecule has 1 heterocycles. The largest absolute Gasteiger partial charge is 0.507 e. The summed E-state index contributed by atoms with van der Waals surface area (Å²) in [6.45, 7) is 7.75. The molecule has 0 saturated carbocycles. The van der Waals surface area contributed by atoms with Crippen LogP contribution in [0.1, 0.15) is 39.7 Å². The molecule has 3 rings (SSSR count). The van der Waals surface area contributed by atoms with Crippen molar-refractivity contribution in [2.24, 2.45) is 5.10 Å². The Bertz CT molecular complexity index is 1030. The Morgan fingerprint density at radius 1 is 1.14 bits per heavy atom. The second kappa shape index (κ2) is 8.13. The molecule has 0 unspecified atom stereocenters. The van der Waals surface area contributed by atoms with Crippen LogP contribution in [0.25, 0.3) is 11.3 Å². The zero-order chi connectivity index (χ0) is 20.3. The molecule has 5 nitrogen and oxygen atoms in total. The Labute approximate surface area is 164 Å². The van der Waals surface area contributed by atoms with Gasteiger partial charge in [0, 0.05) is 11.1 Å². The highest BCUT2D eigenvalue weighted by Crippen LogP contribution is 2.27. The molecule has 0 aliphatic carbocycles. The predicted octanol–water partition coefficient (Wildman–Crippen LogP) is 4.84. The summed E-state index contributed by atoms with van der Waals surface area (Å²) < 4.78 is 6.89. The third-order valence-corrected chi connectivity index (χ3v) is 4.57. The number of rotatable bonds is 5. The van der Waals surface area contributed by atoms with Crippen molar-refractivity contribution in [3.05, 3.63) is 76.5 Å². The molecule has 144 valence electrons. The van der Waals surface area contributed by atoms with Crippen molar-refractivity contribution >= 4 is 12.2 Å². The lowest BCUT2D eigenvalue weighted by Crippen LogP contribution is -2.06. The molecule has 3 aromatic rings. The number of benzene rings is 2. The molecule has 0 aliphatic rings. The van der Waals surface area contributed by atoms with Gasteiger partial charge in [-0.25, -0.2) is 9.47 Å². The molecule has 5 heteroatoms. The van der Waals surface area contributed by atoms with Crippen molar-refractivity contribution in [2.75, 3.05) is 6.61 Å². The van der Waals surface area contributed by atoms with E-state index in [1.165, 1.54) is 0 Å². The first-order chi connectivity index (χ1) is 13.4. The topological polar surface area (TPSA) is 63.8 Å². The fourth-order valence-electron chi connectivity index (χ4n) is 3.19. The summed E-state index contributed by atoms with van der Waals surface area (Å²) in [7, 11) is 0. The van der Waals surface area contributed by atoms with Crippen molar-refractivity contribution in [2.45, 2.75) is 27.7 Å². The number of nitrogens with zero attached hydrogens (tertiary/aromatic N) is 2. The first kappa shape index (κ1) is 19.4. The van der Waals surface area contributed by atoms with Crippen LogP contribution in [0.4, 0.5) is 0 Å². The molecule has 0 bridgehead atoms. The van der Waals surface area contributed by atoms with Crippen molar-refractivity contribution in [1.29, 1.82) is 0 Å². The lowest BCUT2D eigenvalue weighted by molar-refractivity contribution is 0.0525. The molecule has 0 saturated heterocycles. The van der Waals surface area contributed by atoms with E-state index in [9.17, 15) is 9.90 Å². The standard InChI is InChI=1S/C23H24N2O3/c1-5-28-23(27)20-13-21(18-9-7-6-8-10-18)25(17(20)4)24-14-19-12-15(2)11-16(3)22(19)26/h6-14,26H,5H2,1-4H3/b24-14+. The van der Waals surface area contributed by atoms with Gasteiger partial charge in [0.15, 0.2) is 0 Å². The summed E-state index contributed by atoms with van der Waals surface area (Å²) in [6, 6.07) is 15.3. The fourth-order valence-corrected chi connectivity index (χ4v) is 3.19. The summed E-state index contributed by atoms with van der Waals surface area (Å²) in [4.78, 5) is 12.4. The summed E-state index contributed by atoms with van der Waals surface area (Å²) in [6.07, 6.45) is 1.61. The smallest absolute Gasteiger partial charge is 0.340 e. The highest BCUT2D eigenvalue weighted by molar-refractivity contribution is 5.93. The number of aromatic hydroxyl groups is 1. The lowest BCUT2D eigenvalue weighted by atomic mass is 10.1. The third-order valence-electron chi connectivity index (χ3n) is 4.57. The number of hydrogen-bond acceptors (Lipinski definition) is 4. The van der Waals surface area contributed by atoms with E-state index in [4.69, 9.17) is 4.74 Å². The molecule has 0 amide bonds. The van der Waals surface area contributed by atoms with E-state index in [2.05, 4.69) is 5.10 Å². The molecule has 28 heavy (non-hydrogen) atoms. The molecule has 1 N–H and O–H groups in total. The third kappa shape index (κ3) is 3.83. The van der Waals surface area contributed by atoms with Crippen molar-refractivity contribution in [1.82, 2.24) is 4.68 Å². The van der Waals surface area contributed by atoms with E-state index in [1.807, 2.05) is 63.2 Å². The van der Waals surface area contributed by atoms with E-state index >= 15 is 0 Å². The average Bonchev–Trinajstić information content (AvgIpc) is 3.01. The van der Waals surface area contributed by atoms with Crippen LogP contribution in [0.2, 0.25) is 0 Å². The van der Waals surface area contributed by atoms with Crippen molar-refractivity contribution < 1.29 is 14.6 Å². The lowest BCUT2D eigenvalue weighted by Gasteiger charge is -2.08. The maximum absolute atomic E-state index is 12.4. The van der Waals surface area contributed by atoms with Gasteiger partial charge in [0.2, 0.25) is 0 Å². The average molecular weight is 376 g/mol. The van der Waals surface area contributed by atoms with Gasteiger partial charge in [0.25, 0.3) is 0 Å². The van der Waals surface area contributed by atoms with Crippen LogP contribution in [0, 0.1) is 20.8 Å². The summed E-state index contributed by atoms with van der Waals surface area (Å²) in [5, 5.41) is 14.9. The number of phenols is 1. The maximum Gasteiger partial charge on any atom is 0.340 e. The molecule has 1 aromatic heterocycles. The van der Waals surface area contributed by atoms with Gasteiger partial charge < -0.3 is 9.84 Å². The highest BCUT2D eigenvalue weighted by atomic mass is 16.5. The Morgan fingerprint density at radius 2 is 1.86 bits per heavy atom. The van der Waals surface area contributed by atoms with E-state index < -0.39 is 0 Å². The normalized spacial score (nSPS) is 11.1. The number of carbonyl (C=O) groups excluding carboxylic acids is 1. The van der Waals surface area contributed by atoms with Gasteiger partial charge in [-0.3, -0.25) is 0 Å². The quantitative estimate of drug-likeness (QED) is 0.512. The summed E-state index contributed by atoms with van der Waals surface area (Å²) in [5.41, 5.74) is 5.32. The molecular weight excluding hydrogens is 352 g/mol. The zero-order valence-electron chi connectivity index (χ0n) is 16.6. The second-order valence-electron chi connectivity index (χ2n) is 6.69. The van der Waals surface area contributed by atoms with Gasteiger partial charge in [-0.2, -0.15) is 5.10 Å². The van der Waals surface area contributed by atoms with Crippen LogP contribution in [0.15, 0.2) is 53.6 Å². The Balaban J connectivity index is 2.12. The van der Waals surface area contributed by atoms with Gasteiger partial charge in [-0.1, -0.05) is 36.4 Å². The SMILES string of the molecule is CCOC(=O)c1cc(-c2ccccc2)n(/N=C/c2cc(C)cc(C)c2O)c1C. The Morgan fingerprint density at radius 3 is 2.54 bits per heavy atom. The minimum Gasteiger partial charge on any atom is -0.507 e. The minimum atomic E-state index is -0.375. The summed E-state index contributed by atoms with van der Waals surface area (Å²) >= 11 is 0. The number of phenolic OH excluding ortho intramolecular Hbond substituents is 1. The first-order valence-electron chi connectivity index (χ1n) is 9.21. The Hall–Kier alpha value is -3.34. The van der Waals surface area contributed by atoms with Crippen LogP contribution >= 0.6 is 0 Å². The van der Waals surface area contributed by atoms with Crippen LogP contribution in [-0.2, 0) is 4.74 Å². The highest BCUT2D eigenvalue weighted by Gasteiger charge is 2.19. The van der Waals surface area contributed by atoms with Crippen molar-refractivity contribution in [3.63, 3.8) is 0 Å². The molecule has 0 fully saturated rings. The van der Waals surface area contributed by atoms with Crippen LogP contribution in [0.3, 0.4) is 0 Å². The summed E-state index contributed by atoms with van der Waals surface area (Å²) in [5.74, 6) is -0.175. The molecule has 2 aromatic carbocycles. The zero-order valence-corrected chi connectivity index (χ0v) is 16.6. The van der Waals surface area contributed by atoms with E-state index in [0.717, 1.165) is 22.4 Å². The predicted molar refractivity (Wildman–Crippen MR) is 111 cm³/mol. The molecule has 0 atom stereocenters. The monoisotopic (exact) mass is 376 g/mol. The number of hydrogen-bond donors (Lipinski definition) is 1. The first-order valence-corrected chi connectivity index (χ1v) is 9.21. The second-order valence-corrected chi connectivity index (χ2v) is 6.69. The van der Waals surface area contributed by atoms with Crippen LogP contribution in [-0.4, -0.2) is 28.6 Å². The van der Waals surface area contributed by atoms with E-state index in [1.54, 1.807) is 23.9 Å². The van der Waals surface area contributed by atoms with Crippen molar-refractivity contribution in [3.8, 4) is 17.0 Å². The number of aromatic nitrogens is 1. The number of carbonyl (C=O) groups is 1. The molecule has 0 spiro atoms. The van der Waals surface area contributed by atoms with E-state index in [0.29, 0.717) is 23.4 Å². The fraction of sp³-hybridized carbons (Fsp3) is 0.217. The van der Waals surface area contributed by atoms with Gasteiger partial charge in [-0.05, 0) is 51.0 Å². The molecule has 0 aliphatic heterocycles. The van der Waals surface area contributed by atoms with Crippen LogP contribution in [0.5, 0.6) is 5.75 Å².